The minimum absolute atomic E-state index is 1.54. The van der Waals surface area contributed by atoms with Crippen LogP contribution in [0.1, 0.15) is 0 Å². The maximum Gasteiger partial charge on any atom is 0.603 e. The Morgan fingerprint density at radius 1 is 0.414 bits per heavy atom. The van der Waals surface area contributed by atoms with E-state index in [4.69, 9.17) is 0 Å². The molecule has 29 heavy (non-hydrogen) atoms. The second kappa shape index (κ2) is 7.21. The zero-order chi connectivity index (χ0) is 24.1. The molecule has 0 rings (SSSR count). The standard InChI is InChI=1S/C7F18O3Si/c8-1(9,2(10,11)12)4(16,17)26-29(27-6(20,21)22,28-7(23,24)25)5(18,19)3(13,14)15. The van der Waals surface area contributed by atoms with E-state index in [1.165, 1.54) is 0 Å². The van der Waals surface area contributed by atoms with Gasteiger partial charge in [-0.15, -0.1) is 26.3 Å². The lowest BCUT2D eigenvalue weighted by atomic mass is 10.3. The summed E-state index contributed by atoms with van der Waals surface area (Å²) in [4.78, 5) is 0. The highest BCUT2D eigenvalue weighted by atomic mass is 28.4. The molecule has 0 bridgehead atoms. The predicted molar refractivity (Wildman–Crippen MR) is 48.1 cm³/mol. The highest BCUT2D eigenvalue weighted by Gasteiger charge is 2.88. The molecule has 0 aliphatic rings. The van der Waals surface area contributed by atoms with E-state index in [0.29, 0.717) is 0 Å². The normalized spacial score (nSPS) is 16.3. The number of halogens is 18. The molecule has 0 N–H and O–H groups in total. The summed E-state index contributed by atoms with van der Waals surface area (Å²) in [6.45, 7) is 0. The lowest BCUT2D eigenvalue weighted by Gasteiger charge is -2.39. The largest absolute Gasteiger partial charge is 0.603 e. The third-order valence-electron chi connectivity index (χ3n) is 2.22. The van der Waals surface area contributed by atoms with Crippen molar-refractivity contribution in [2.45, 2.75) is 42.7 Å². The van der Waals surface area contributed by atoms with Crippen molar-refractivity contribution in [1.82, 2.24) is 0 Å². The van der Waals surface area contributed by atoms with Crippen molar-refractivity contribution in [3.8, 4) is 0 Å². The zero-order valence-corrected chi connectivity index (χ0v) is 13.0. The average Bonchev–Trinajstić information content (AvgIpc) is 2.29. The Morgan fingerprint density at radius 2 is 0.724 bits per heavy atom. The van der Waals surface area contributed by atoms with Gasteiger partial charge in [0.05, 0.1) is 0 Å². The van der Waals surface area contributed by atoms with E-state index in [-0.39, 0.29) is 0 Å². The molecule has 176 valence electrons. The minimum Gasteiger partial charge on any atom is -0.304 e. The topological polar surface area (TPSA) is 27.7 Å². The van der Waals surface area contributed by atoms with Crippen molar-refractivity contribution < 1.29 is 92.3 Å². The predicted octanol–water partition coefficient (Wildman–Crippen LogP) is 5.54. The zero-order valence-electron chi connectivity index (χ0n) is 12.0. The molecule has 0 saturated heterocycles. The second-order valence-corrected chi connectivity index (χ2v) is 6.77. The molecule has 0 aromatic rings. The first kappa shape index (κ1) is 27.8. The van der Waals surface area contributed by atoms with Crippen LogP contribution in [0.25, 0.3) is 0 Å². The summed E-state index contributed by atoms with van der Waals surface area (Å²) in [6.07, 6.45) is -37.7. The Kier molecular flexibility index (Phi) is 6.92. The van der Waals surface area contributed by atoms with Crippen molar-refractivity contribution in [2.24, 2.45) is 0 Å². The molecule has 3 nitrogen and oxygen atoms in total. The Morgan fingerprint density at radius 3 is 0.931 bits per heavy atom. The molecule has 0 heterocycles. The second-order valence-electron chi connectivity index (χ2n) is 4.41. The minimum atomic E-state index is -9.69. The van der Waals surface area contributed by atoms with Crippen LogP contribution < -0.4 is 0 Å². The Bertz CT molecular complexity index is 552. The fraction of sp³-hybridized carbons (Fsp3) is 1.00. The summed E-state index contributed by atoms with van der Waals surface area (Å²) in [5, 5.41) is 0. The molecule has 0 aromatic heterocycles. The number of hydrogen-bond donors (Lipinski definition) is 0. The highest BCUT2D eigenvalue weighted by Crippen LogP contribution is 2.54. The molecule has 0 fully saturated rings. The van der Waals surface area contributed by atoms with Gasteiger partial charge in [0.2, 0.25) is 0 Å². The van der Waals surface area contributed by atoms with Gasteiger partial charge in [-0.2, -0.15) is 52.7 Å². The van der Waals surface area contributed by atoms with E-state index in [1.807, 2.05) is 0 Å². The quantitative estimate of drug-likeness (QED) is 0.353. The van der Waals surface area contributed by atoms with Crippen LogP contribution in [0.2, 0.25) is 0 Å². The number of hydrogen-bond acceptors (Lipinski definition) is 3. The van der Waals surface area contributed by atoms with Gasteiger partial charge in [-0.05, 0) is 0 Å². The van der Waals surface area contributed by atoms with E-state index < -0.39 is 51.5 Å². The molecule has 0 amide bonds. The van der Waals surface area contributed by atoms with Crippen molar-refractivity contribution in [1.29, 1.82) is 0 Å². The molecular weight excluding hydrogens is 502 g/mol. The van der Waals surface area contributed by atoms with Crippen molar-refractivity contribution >= 4 is 8.80 Å². The third-order valence-corrected chi connectivity index (χ3v) is 4.80. The maximum absolute atomic E-state index is 13.2. The summed E-state index contributed by atoms with van der Waals surface area (Å²) < 4.78 is 227. The monoisotopic (exact) mass is 502 g/mol. The fourth-order valence-electron chi connectivity index (χ4n) is 1.13. The summed E-state index contributed by atoms with van der Waals surface area (Å²) >= 11 is 0. The average molecular weight is 502 g/mol. The SMILES string of the molecule is FC(F)(F)O[Si](OC(F)(F)F)(OC(F)(F)C(F)(F)C(F)(F)F)C(F)(F)C(F)(F)F. The van der Waals surface area contributed by atoms with Gasteiger partial charge in [0.1, 0.15) is 0 Å². The summed E-state index contributed by atoms with van der Waals surface area (Å²) in [7, 11) is -9.69. The van der Waals surface area contributed by atoms with E-state index in [0.717, 1.165) is 0 Å². The summed E-state index contributed by atoms with van der Waals surface area (Å²) in [5.41, 5.74) is -7.93. The van der Waals surface area contributed by atoms with Gasteiger partial charge >= 0.3 is 51.5 Å². The molecule has 22 heteroatoms. The molecular formula is C7F18O3Si. The maximum atomic E-state index is 13.2. The van der Waals surface area contributed by atoms with Crippen LogP contribution in [-0.4, -0.2) is 51.5 Å². The summed E-state index contributed by atoms with van der Waals surface area (Å²) in [6, 6.07) is 0. The van der Waals surface area contributed by atoms with E-state index in [9.17, 15) is 79.0 Å². The molecule has 0 aliphatic carbocycles. The molecule has 0 saturated carbocycles. The van der Waals surface area contributed by atoms with Gasteiger partial charge in [-0.1, -0.05) is 0 Å². The molecule has 0 spiro atoms. The Balaban J connectivity index is 6.92. The highest BCUT2D eigenvalue weighted by molar-refractivity contribution is 6.64. The lowest BCUT2D eigenvalue weighted by molar-refractivity contribution is -0.431. The van der Waals surface area contributed by atoms with Gasteiger partial charge in [-0.3, -0.25) is 8.85 Å². The van der Waals surface area contributed by atoms with Gasteiger partial charge in [0.25, 0.3) is 0 Å². The van der Waals surface area contributed by atoms with Gasteiger partial charge in [0.15, 0.2) is 0 Å². The first-order valence-electron chi connectivity index (χ1n) is 5.63. The van der Waals surface area contributed by atoms with Crippen LogP contribution >= 0.6 is 0 Å². The lowest BCUT2D eigenvalue weighted by Crippen LogP contribution is -2.73. The van der Waals surface area contributed by atoms with Crippen LogP contribution in [0.15, 0.2) is 0 Å². The van der Waals surface area contributed by atoms with Crippen LogP contribution in [0.5, 0.6) is 0 Å². The number of rotatable bonds is 6. The van der Waals surface area contributed by atoms with Crippen LogP contribution in [-0.2, 0) is 13.3 Å². The van der Waals surface area contributed by atoms with E-state index >= 15 is 0 Å². The van der Waals surface area contributed by atoms with Crippen LogP contribution in [0.3, 0.4) is 0 Å². The first-order chi connectivity index (χ1) is 12.1. The van der Waals surface area contributed by atoms with Crippen molar-refractivity contribution in [3.63, 3.8) is 0 Å². The third kappa shape index (κ3) is 5.93. The molecule has 0 atom stereocenters. The van der Waals surface area contributed by atoms with Gasteiger partial charge < -0.3 is 4.43 Å². The Hall–Kier alpha value is -1.16. The van der Waals surface area contributed by atoms with Gasteiger partial charge in [0, 0.05) is 0 Å². The smallest absolute Gasteiger partial charge is 0.304 e. The Labute approximate surface area is 145 Å². The fourth-order valence-corrected chi connectivity index (χ4v) is 3.06. The van der Waals surface area contributed by atoms with E-state index in [2.05, 4.69) is 0 Å². The van der Waals surface area contributed by atoms with Crippen molar-refractivity contribution in [3.05, 3.63) is 0 Å². The van der Waals surface area contributed by atoms with Gasteiger partial charge in [-0.25, -0.2) is 0 Å². The molecule has 0 radical (unpaired) electrons. The van der Waals surface area contributed by atoms with Crippen LogP contribution in [0.4, 0.5) is 79.0 Å². The molecule has 0 aliphatic heterocycles. The van der Waals surface area contributed by atoms with Crippen molar-refractivity contribution in [2.75, 3.05) is 0 Å². The molecule has 0 aromatic carbocycles. The first-order valence-corrected chi connectivity index (χ1v) is 7.35. The molecule has 0 unspecified atom stereocenters. The van der Waals surface area contributed by atoms with E-state index in [1.54, 1.807) is 13.3 Å². The van der Waals surface area contributed by atoms with Crippen LogP contribution in [0, 0.1) is 0 Å². The summed E-state index contributed by atoms with van der Waals surface area (Å²) in [5.74, 6) is -7.89. The number of alkyl halides is 18.